The maximum Gasteiger partial charge on any atom is 0.260 e. The van der Waals surface area contributed by atoms with Gasteiger partial charge in [-0.05, 0) is 42.2 Å². The highest BCUT2D eigenvalue weighted by Gasteiger charge is 2.27. The quantitative estimate of drug-likeness (QED) is 0.478. The minimum Gasteiger partial charge on any atom is -0.383 e. The first-order chi connectivity index (χ1) is 17.0. The largest absolute Gasteiger partial charge is 0.383 e. The zero-order chi connectivity index (χ0) is 24.1. The van der Waals surface area contributed by atoms with Gasteiger partial charge >= 0.3 is 0 Å². The van der Waals surface area contributed by atoms with E-state index in [-0.39, 0.29) is 18.1 Å². The number of nitrogen functional groups attached to an aromatic ring is 1. The van der Waals surface area contributed by atoms with Crippen LogP contribution in [0.3, 0.4) is 0 Å². The molecule has 0 spiro atoms. The fraction of sp³-hybridized carbons (Fsp3) is 0.269. The first kappa shape index (κ1) is 21.3. The molecule has 1 saturated carbocycles. The van der Waals surface area contributed by atoms with Gasteiger partial charge in [-0.3, -0.25) is 19.4 Å². The number of pyridine rings is 2. The van der Waals surface area contributed by atoms with Gasteiger partial charge in [0.15, 0.2) is 5.69 Å². The molecule has 1 aliphatic carbocycles. The number of hydrogen-bond donors (Lipinski definition) is 1. The van der Waals surface area contributed by atoms with Crippen LogP contribution in [0.25, 0.3) is 10.9 Å². The molecule has 1 aromatic carbocycles. The number of ether oxygens (including phenoxy) is 1. The summed E-state index contributed by atoms with van der Waals surface area (Å²) in [5, 5.41) is 14.9. The molecule has 0 bridgehead atoms. The molecule has 0 unspecified atom stereocenters. The van der Waals surface area contributed by atoms with E-state index in [4.69, 9.17) is 10.5 Å². The maximum atomic E-state index is 13.7. The standard InChI is InChI=1S/C26H23N7O2/c1-32-12-24(23(9-27)31-32)33(26(34)17-5-7-21(29-10-17)16-3-4-16)11-15-2-6-18-19-13-35-14-20(19)25(28)30-22(18)8-15/h2,5-8,10,12,16H,3-4,11,13-14H2,1H3,(H2,28,30). The second-order valence-electron chi connectivity index (χ2n) is 9.08. The number of rotatable bonds is 5. The van der Waals surface area contributed by atoms with Crippen molar-refractivity contribution in [3.63, 3.8) is 0 Å². The number of fused-ring (bicyclic) bond motifs is 3. The number of aryl methyl sites for hydroxylation is 1. The number of nitrogens with two attached hydrogens (primary N) is 1. The molecule has 6 rings (SSSR count). The lowest BCUT2D eigenvalue weighted by molar-refractivity contribution is 0.0984. The highest BCUT2D eigenvalue weighted by atomic mass is 16.5. The molecule has 3 aromatic heterocycles. The van der Waals surface area contributed by atoms with E-state index < -0.39 is 0 Å². The van der Waals surface area contributed by atoms with Crippen LogP contribution in [0.5, 0.6) is 0 Å². The van der Waals surface area contributed by atoms with Crippen molar-refractivity contribution in [2.45, 2.75) is 38.5 Å². The molecule has 35 heavy (non-hydrogen) atoms. The summed E-state index contributed by atoms with van der Waals surface area (Å²) in [6.45, 7) is 1.21. The topological polar surface area (TPSA) is 123 Å². The molecule has 1 fully saturated rings. The number of carbonyl (C=O) groups is 1. The fourth-order valence-electron chi connectivity index (χ4n) is 4.63. The van der Waals surface area contributed by atoms with Crippen LogP contribution in [0.4, 0.5) is 11.5 Å². The predicted molar refractivity (Wildman–Crippen MR) is 129 cm³/mol. The van der Waals surface area contributed by atoms with Crippen LogP contribution in [-0.4, -0.2) is 25.7 Å². The van der Waals surface area contributed by atoms with E-state index in [0.29, 0.717) is 36.2 Å². The molecular weight excluding hydrogens is 442 g/mol. The molecule has 0 radical (unpaired) electrons. The second-order valence-corrected chi connectivity index (χ2v) is 9.08. The van der Waals surface area contributed by atoms with Gasteiger partial charge in [0.2, 0.25) is 0 Å². The Hall–Kier alpha value is -4.29. The smallest absolute Gasteiger partial charge is 0.260 e. The maximum absolute atomic E-state index is 13.7. The zero-order valence-corrected chi connectivity index (χ0v) is 19.2. The minimum atomic E-state index is -0.251. The molecule has 1 amide bonds. The summed E-state index contributed by atoms with van der Waals surface area (Å²) in [4.78, 5) is 24.3. The number of nitrogens with zero attached hydrogens (tertiary/aromatic N) is 6. The van der Waals surface area contributed by atoms with E-state index >= 15 is 0 Å². The number of hydrogen-bond acceptors (Lipinski definition) is 7. The van der Waals surface area contributed by atoms with Crippen molar-refractivity contribution < 1.29 is 9.53 Å². The normalized spacial score (nSPS) is 14.6. The van der Waals surface area contributed by atoms with Crippen molar-refractivity contribution in [3.05, 3.63) is 76.4 Å². The van der Waals surface area contributed by atoms with E-state index in [0.717, 1.165) is 46.1 Å². The van der Waals surface area contributed by atoms with E-state index in [1.807, 2.05) is 30.3 Å². The molecule has 4 heterocycles. The van der Waals surface area contributed by atoms with Crippen molar-refractivity contribution in [2.24, 2.45) is 7.05 Å². The molecule has 2 N–H and O–H groups in total. The molecule has 174 valence electrons. The summed E-state index contributed by atoms with van der Waals surface area (Å²) in [5.41, 5.74) is 11.9. The van der Waals surface area contributed by atoms with Crippen LogP contribution < -0.4 is 10.6 Å². The number of amides is 1. The molecule has 9 nitrogen and oxygen atoms in total. The Kier molecular flexibility index (Phi) is 4.97. The van der Waals surface area contributed by atoms with E-state index in [9.17, 15) is 10.1 Å². The summed E-state index contributed by atoms with van der Waals surface area (Å²) in [6.07, 6.45) is 5.59. The third-order valence-corrected chi connectivity index (χ3v) is 6.62. The van der Waals surface area contributed by atoms with Gasteiger partial charge in [-0.25, -0.2) is 4.98 Å². The molecule has 4 aromatic rings. The average Bonchev–Trinajstić information content (AvgIpc) is 3.47. The van der Waals surface area contributed by atoms with Crippen LogP contribution in [0.1, 0.15) is 57.2 Å². The van der Waals surface area contributed by atoms with Crippen LogP contribution in [-0.2, 0) is 31.5 Å². The monoisotopic (exact) mass is 465 g/mol. The summed E-state index contributed by atoms with van der Waals surface area (Å²) >= 11 is 0. The van der Waals surface area contributed by atoms with Gasteiger partial charge in [0.25, 0.3) is 5.91 Å². The van der Waals surface area contributed by atoms with Gasteiger partial charge in [0, 0.05) is 42.0 Å². The summed E-state index contributed by atoms with van der Waals surface area (Å²) in [5.74, 6) is 0.721. The Balaban J connectivity index is 1.39. The highest BCUT2D eigenvalue weighted by Crippen LogP contribution is 2.39. The van der Waals surface area contributed by atoms with Crippen molar-refractivity contribution >= 4 is 28.3 Å². The first-order valence-electron chi connectivity index (χ1n) is 11.5. The third-order valence-electron chi connectivity index (χ3n) is 6.62. The summed E-state index contributed by atoms with van der Waals surface area (Å²) in [6, 6.07) is 11.7. The van der Waals surface area contributed by atoms with Crippen LogP contribution >= 0.6 is 0 Å². The van der Waals surface area contributed by atoms with Crippen LogP contribution in [0.15, 0.2) is 42.7 Å². The predicted octanol–water partition coefficient (Wildman–Crippen LogP) is 3.57. The molecule has 2 aliphatic rings. The Morgan fingerprint density at radius 1 is 1.26 bits per heavy atom. The highest BCUT2D eigenvalue weighted by molar-refractivity contribution is 6.06. The molecular formula is C26H23N7O2. The third kappa shape index (κ3) is 3.78. The average molecular weight is 466 g/mol. The fourth-order valence-corrected chi connectivity index (χ4v) is 4.63. The van der Waals surface area contributed by atoms with E-state index in [2.05, 4.69) is 21.1 Å². The van der Waals surface area contributed by atoms with Gasteiger partial charge in [-0.15, -0.1) is 0 Å². The Morgan fingerprint density at radius 3 is 2.83 bits per heavy atom. The van der Waals surface area contributed by atoms with Crippen molar-refractivity contribution in [1.82, 2.24) is 19.7 Å². The summed E-state index contributed by atoms with van der Waals surface area (Å²) in [7, 11) is 1.73. The Morgan fingerprint density at radius 2 is 2.09 bits per heavy atom. The van der Waals surface area contributed by atoms with Gasteiger partial charge in [-0.1, -0.05) is 12.1 Å². The van der Waals surface area contributed by atoms with Crippen molar-refractivity contribution in [3.8, 4) is 6.07 Å². The van der Waals surface area contributed by atoms with Crippen LogP contribution in [0, 0.1) is 11.3 Å². The number of carbonyl (C=O) groups excluding carboxylic acids is 1. The lowest BCUT2D eigenvalue weighted by Gasteiger charge is -2.22. The van der Waals surface area contributed by atoms with E-state index in [1.54, 1.807) is 24.3 Å². The van der Waals surface area contributed by atoms with Gasteiger partial charge < -0.3 is 10.5 Å². The minimum absolute atomic E-state index is 0.182. The SMILES string of the molecule is Cn1cc(N(Cc2ccc3c4c(c(N)nc3c2)COC4)C(=O)c2ccc(C3CC3)nc2)c(C#N)n1. The Labute approximate surface area is 201 Å². The second kappa shape index (κ2) is 8.18. The number of aromatic nitrogens is 4. The molecule has 9 heteroatoms. The van der Waals surface area contributed by atoms with Gasteiger partial charge in [0.05, 0.1) is 30.8 Å². The van der Waals surface area contributed by atoms with Crippen molar-refractivity contribution in [1.29, 1.82) is 5.26 Å². The molecule has 0 atom stereocenters. The van der Waals surface area contributed by atoms with Crippen molar-refractivity contribution in [2.75, 3.05) is 10.6 Å². The lowest BCUT2D eigenvalue weighted by atomic mass is 10.0. The zero-order valence-electron chi connectivity index (χ0n) is 19.2. The number of nitriles is 1. The van der Waals surface area contributed by atoms with Gasteiger partial charge in [0.1, 0.15) is 17.6 Å². The number of anilines is 2. The van der Waals surface area contributed by atoms with E-state index in [1.165, 1.54) is 4.68 Å². The van der Waals surface area contributed by atoms with Gasteiger partial charge in [-0.2, -0.15) is 10.4 Å². The first-order valence-corrected chi connectivity index (χ1v) is 11.5. The summed E-state index contributed by atoms with van der Waals surface area (Å²) < 4.78 is 7.11. The Bertz CT molecular complexity index is 1510. The molecule has 1 aliphatic heterocycles. The molecule has 0 saturated heterocycles. The van der Waals surface area contributed by atoms with Crippen LogP contribution in [0.2, 0.25) is 0 Å². The lowest BCUT2D eigenvalue weighted by Crippen LogP contribution is -2.31. The number of benzene rings is 1.